The first kappa shape index (κ1) is 12.9. The summed E-state index contributed by atoms with van der Waals surface area (Å²) < 4.78 is 36.8. The lowest BCUT2D eigenvalue weighted by Gasteiger charge is -2.29. The molecule has 0 saturated heterocycles. The van der Waals surface area contributed by atoms with E-state index in [1.165, 1.54) is 4.90 Å². The lowest BCUT2D eigenvalue weighted by Crippen LogP contribution is -2.38. The first-order valence-corrected chi connectivity index (χ1v) is 5.56. The number of hydrogen-bond donors (Lipinski definition) is 1. The fourth-order valence-electron chi connectivity index (χ4n) is 2.15. The molecule has 18 heavy (non-hydrogen) atoms. The van der Waals surface area contributed by atoms with Crippen LogP contribution < -0.4 is 5.73 Å². The first-order chi connectivity index (χ1) is 8.35. The van der Waals surface area contributed by atoms with Gasteiger partial charge >= 0.3 is 6.18 Å². The Balaban J connectivity index is 2.13. The molecule has 0 atom stereocenters. The molecule has 0 aliphatic carbocycles. The Morgan fingerprint density at radius 1 is 1.33 bits per heavy atom. The van der Waals surface area contributed by atoms with E-state index in [0.29, 0.717) is 18.5 Å². The Labute approximate surface area is 102 Å². The first-order valence-electron chi connectivity index (χ1n) is 5.56. The summed E-state index contributed by atoms with van der Waals surface area (Å²) in [5.41, 5.74) is 7.30. The SMILES string of the molecule is NC(=O)c1ccc2c(c1)CCN(CC(F)(F)F)C2. The summed E-state index contributed by atoms with van der Waals surface area (Å²) in [5, 5.41) is 0. The second-order valence-corrected chi connectivity index (χ2v) is 4.42. The van der Waals surface area contributed by atoms with Crippen LogP contribution in [0.3, 0.4) is 0 Å². The standard InChI is InChI=1S/C12H13F3N2O/c13-12(14,15)7-17-4-3-8-5-9(11(16)18)1-2-10(8)6-17/h1-2,5H,3-4,6-7H2,(H2,16,18). The highest BCUT2D eigenvalue weighted by Gasteiger charge is 2.32. The van der Waals surface area contributed by atoms with Gasteiger partial charge in [0, 0.05) is 18.7 Å². The van der Waals surface area contributed by atoms with Gasteiger partial charge in [-0.05, 0) is 29.7 Å². The largest absolute Gasteiger partial charge is 0.401 e. The van der Waals surface area contributed by atoms with Crippen molar-refractivity contribution in [2.45, 2.75) is 19.1 Å². The van der Waals surface area contributed by atoms with Gasteiger partial charge in [0.25, 0.3) is 0 Å². The predicted molar refractivity (Wildman–Crippen MR) is 60.0 cm³/mol. The third kappa shape index (κ3) is 3.01. The van der Waals surface area contributed by atoms with Crippen molar-refractivity contribution < 1.29 is 18.0 Å². The van der Waals surface area contributed by atoms with E-state index < -0.39 is 18.6 Å². The molecule has 1 aromatic rings. The molecule has 3 nitrogen and oxygen atoms in total. The van der Waals surface area contributed by atoms with E-state index in [0.717, 1.165) is 11.1 Å². The van der Waals surface area contributed by atoms with Crippen LogP contribution in [-0.2, 0) is 13.0 Å². The molecule has 0 spiro atoms. The van der Waals surface area contributed by atoms with Gasteiger partial charge in [0.2, 0.25) is 5.91 Å². The Morgan fingerprint density at radius 2 is 2.06 bits per heavy atom. The summed E-state index contributed by atoms with van der Waals surface area (Å²) >= 11 is 0. The fraction of sp³-hybridized carbons (Fsp3) is 0.417. The van der Waals surface area contributed by atoms with Crippen LogP contribution in [0.1, 0.15) is 21.5 Å². The number of fused-ring (bicyclic) bond motifs is 1. The lowest BCUT2D eigenvalue weighted by atomic mass is 9.97. The van der Waals surface area contributed by atoms with E-state index in [2.05, 4.69) is 0 Å². The Morgan fingerprint density at radius 3 is 2.67 bits per heavy atom. The Kier molecular flexibility index (Phi) is 3.30. The number of benzene rings is 1. The van der Waals surface area contributed by atoms with Gasteiger partial charge in [-0.3, -0.25) is 9.69 Å². The summed E-state index contributed by atoms with van der Waals surface area (Å²) in [7, 11) is 0. The van der Waals surface area contributed by atoms with E-state index in [1.807, 2.05) is 0 Å². The molecular weight excluding hydrogens is 245 g/mol. The van der Waals surface area contributed by atoms with Crippen LogP contribution in [0, 0.1) is 0 Å². The average molecular weight is 258 g/mol. The molecule has 1 amide bonds. The van der Waals surface area contributed by atoms with Gasteiger partial charge in [-0.1, -0.05) is 6.07 Å². The van der Waals surface area contributed by atoms with Crippen LogP contribution in [0.5, 0.6) is 0 Å². The summed E-state index contributed by atoms with van der Waals surface area (Å²) in [5.74, 6) is -0.518. The van der Waals surface area contributed by atoms with Gasteiger partial charge in [-0.15, -0.1) is 0 Å². The van der Waals surface area contributed by atoms with E-state index in [1.54, 1.807) is 18.2 Å². The van der Waals surface area contributed by atoms with Gasteiger partial charge in [0.05, 0.1) is 6.54 Å². The highest BCUT2D eigenvalue weighted by molar-refractivity contribution is 5.93. The molecule has 2 N–H and O–H groups in total. The molecule has 1 aliphatic heterocycles. The minimum Gasteiger partial charge on any atom is -0.366 e. The number of amides is 1. The van der Waals surface area contributed by atoms with Gasteiger partial charge in [0.1, 0.15) is 0 Å². The molecule has 98 valence electrons. The van der Waals surface area contributed by atoms with E-state index in [4.69, 9.17) is 5.73 Å². The average Bonchev–Trinajstić information content (AvgIpc) is 2.26. The highest BCUT2D eigenvalue weighted by atomic mass is 19.4. The molecule has 1 aliphatic rings. The molecule has 0 radical (unpaired) electrons. The summed E-state index contributed by atoms with van der Waals surface area (Å²) in [6.45, 7) is -0.299. The molecule has 0 saturated carbocycles. The zero-order chi connectivity index (χ0) is 13.3. The molecule has 1 heterocycles. The summed E-state index contributed by atoms with van der Waals surface area (Å²) in [4.78, 5) is 12.4. The number of rotatable bonds is 2. The van der Waals surface area contributed by atoms with Gasteiger partial charge in [-0.25, -0.2) is 0 Å². The Bertz CT molecular complexity index is 471. The highest BCUT2D eigenvalue weighted by Crippen LogP contribution is 2.24. The zero-order valence-electron chi connectivity index (χ0n) is 9.63. The van der Waals surface area contributed by atoms with Crippen molar-refractivity contribution in [3.05, 3.63) is 34.9 Å². The van der Waals surface area contributed by atoms with Crippen molar-refractivity contribution in [3.8, 4) is 0 Å². The lowest BCUT2D eigenvalue weighted by molar-refractivity contribution is -0.147. The molecule has 2 rings (SSSR count). The number of primary amides is 1. The number of nitrogens with zero attached hydrogens (tertiary/aromatic N) is 1. The molecule has 0 fully saturated rings. The maximum absolute atomic E-state index is 12.3. The quantitative estimate of drug-likeness (QED) is 0.877. The van der Waals surface area contributed by atoms with Gasteiger partial charge in [0.15, 0.2) is 0 Å². The number of nitrogens with two attached hydrogens (primary N) is 1. The monoisotopic (exact) mass is 258 g/mol. The number of carbonyl (C=O) groups is 1. The van der Waals surface area contributed by atoms with E-state index in [9.17, 15) is 18.0 Å². The van der Waals surface area contributed by atoms with Gasteiger partial charge in [-0.2, -0.15) is 13.2 Å². The van der Waals surface area contributed by atoms with Crippen LogP contribution in [0.4, 0.5) is 13.2 Å². The second-order valence-electron chi connectivity index (χ2n) is 4.42. The van der Waals surface area contributed by atoms with E-state index >= 15 is 0 Å². The van der Waals surface area contributed by atoms with Gasteiger partial charge < -0.3 is 5.73 Å². The molecule has 6 heteroatoms. The van der Waals surface area contributed by atoms with Crippen LogP contribution in [0.15, 0.2) is 18.2 Å². The number of hydrogen-bond acceptors (Lipinski definition) is 2. The van der Waals surface area contributed by atoms with Crippen LogP contribution in [-0.4, -0.2) is 30.1 Å². The Hall–Kier alpha value is -1.56. The fourth-order valence-corrected chi connectivity index (χ4v) is 2.15. The summed E-state index contributed by atoms with van der Waals surface area (Å²) in [6.07, 6.45) is -3.67. The third-order valence-corrected chi connectivity index (χ3v) is 2.98. The number of halogens is 3. The van der Waals surface area contributed by atoms with Crippen LogP contribution >= 0.6 is 0 Å². The second kappa shape index (κ2) is 4.61. The maximum Gasteiger partial charge on any atom is 0.401 e. The molecular formula is C12H13F3N2O. The molecule has 0 bridgehead atoms. The van der Waals surface area contributed by atoms with Crippen molar-refractivity contribution in [3.63, 3.8) is 0 Å². The predicted octanol–water partition coefficient (Wildman–Crippen LogP) is 1.71. The minimum absolute atomic E-state index is 0.258. The molecule has 0 unspecified atom stereocenters. The van der Waals surface area contributed by atoms with Crippen LogP contribution in [0.25, 0.3) is 0 Å². The van der Waals surface area contributed by atoms with Crippen molar-refractivity contribution in [1.29, 1.82) is 0 Å². The topological polar surface area (TPSA) is 46.3 Å². The van der Waals surface area contributed by atoms with Crippen LogP contribution in [0.2, 0.25) is 0 Å². The number of carbonyl (C=O) groups excluding carboxylic acids is 1. The summed E-state index contributed by atoms with van der Waals surface area (Å²) in [6, 6.07) is 4.90. The zero-order valence-corrected chi connectivity index (χ0v) is 9.63. The minimum atomic E-state index is -4.18. The van der Waals surface area contributed by atoms with Crippen molar-refractivity contribution in [2.24, 2.45) is 5.73 Å². The number of alkyl halides is 3. The van der Waals surface area contributed by atoms with E-state index in [-0.39, 0.29) is 6.54 Å². The maximum atomic E-state index is 12.3. The molecule has 1 aromatic carbocycles. The third-order valence-electron chi connectivity index (χ3n) is 2.98. The van der Waals surface area contributed by atoms with Crippen molar-refractivity contribution in [1.82, 2.24) is 4.90 Å². The molecule has 0 aromatic heterocycles. The normalized spacial score (nSPS) is 16.4. The van der Waals surface area contributed by atoms with Crippen molar-refractivity contribution >= 4 is 5.91 Å². The smallest absolute Gasteiger partial charge is 0.366 e. The van der Waals surface area contributed by atoms with Crippen molar-refractivity contribution in [2.75, 3.05) is 13.1 Å².